The summed E-state index contributed by atoms with van der Waals surface area (Å²) in [4.78, 5) is 2.15. The van der Waals surface area contributed by atoms with Crippen molar-refractivity contribution in [3.05, 3.63) is 35.7 Å². The molecule has 0 amide bonds. The highest BCUT2D eigenvalue weighted by Crippen LogP contribution is 2.26. The van der Waals surface area contributed by atoms with E-state index in [2.05, 4.69) is 16.8 Å². The molecule has 1 heterocycles. The first kappa shape index (κ1) is 13.9. The summed E-state index contributed by atoms with van der Waals surface area (Å²) in [6, 6.07) is 3.61. The number of nitrogens with one attached hydrogen (secondary N) is 1. The second-order valence-corrected chi connectivity index (χ2v) is 4.73. The molecule has 1 aromatic rings. The Morgan fingerprint density at radius 1 is 1.42 bits per heavy atom. The first-order valence-electron chi connectivity index (χ1n) is 6.69. The van der Waals surface area contributed by atoms with Gasteiger partial charge in [-0.1, -0.05) is 6.58 Å². The lowest BCUT2D eigenvalue weighted by Crippen LogP contribution is -2.36. The quantitative estimate of drug-likeness (QED) is 0.904. The van der Waals surface area contributed by atoms with Crippen LogP contribution in [0.1, 0.15) is 18.1 Å². The molecule has 1 saturated heterocycles. The van der Waals surface area contributed by atoms with E-state index in [1.165, 1.54) is 0 Å². The van der Waals surface area contributed by atoms with E-state index in [0.29, 0.717) is 24.5 Å². The van der Waals surface area contributed by atoms with E-state index in [1.54, 1.807) is 6.07 Å². The van der Waals surface area contributed by atoms with Crippen molar-refractivity contribution in [2.45, 2.75) is 13.8 Å². The summed E-state index contributed by atoms with van der Waals surface area (Å²) >= 11 is 0. The highest BCUT2D eigenvalue weighted by molar-refractivity contribution is 5.68. The Morgan fingerprint density at radius 2 is 2.11 bits per heavy atom. The molecule has 104 valence electrons. The Labute approximate surface area is 114 Å². The SMILES string of the molecule is C=C(NCC)c1c(C)cc(N2CCOCC2)cc1F. The van der Waals surface area contributed by atoms with Crippen LogP contribution in [0.3, 0.4) is 0 Å². The number of hydrogen-bond acceptors (Lipinski definition) is 3. The largest absolute Gasteiger partial charge is 0.385 e. The van der Waals surface area contributed by atoms with Crippen molar-refractivity contribution in [2.24, 2.45) is 0 Å². The van der Waals surface area contributed by atoms with Crippen LogP contribution in [0.25, 0.3) is 5.70 Å². The predicted molar refractivity (Wildman–Crippen MR) is 76.9 cm³/mol. The van der Waals surface area contributed by atoms with E-state index in [4.69, 9.17) is 4.74 Å². The summed E-state index contributed by atoms with van der Waals surface area (Å²) in [5.41, 5.74) is 3.06. The van der Waals surface area contributed by atoms with Gasteiger partial charge in [0.15, 0.2) is 0 Å². The van der Waals surface area contributed by atoms with Crippen molar-refractivity contribution in [3.63, 3.8) is 0 Å². The van der Waals surface area contributed by atoms with Gasteiger partial charge in [0.25, 0.3) is 0 Å². The van der Waals surface area contributed by atoms with Crippen LogP contribution in [0.5, 0.6) is 0 Å². The minimum atomic E-state index is -0.215. The van der Waals surface area contributed by atoms with Crippen LogP contribution in [0.4, 0.5) is 10.1 Å². The van der Waals surface area contributed by atoms with E-state index < -0.39 is 0 Å². The third-order valence-corrected chi connectivity index (χ3v) is 3.34. The monoisotopic (exact) mass is 264 g/mol. The zero-order valence-electron chi connectivity index (χ0n) is 11.6. The van der Waals surface area contributed by atoms with Gasteiger partial charge >= 0.3 is 0 Å². The summed E-state index contributed by atoms with van der Waals surface area (Å²) in [7, 11) is 0. The molecule has 0 aromatic heterocycles. The van der Waals surface area contributed by atoms with Gasteiger partial charge in [0, 0.05) is 36.6 Å². The molecule has 3 nitrogen and oxygen atoms in total. The van der Waals surface area contributed by atoms with Gasteiger partial charge in [-0.25, -0.2) is 4.39 Å². The van der Waals surface area contributed by atoms with Gasteiger partial charge in [0.05, 0.1) is 13.2 Å². The molecular weight excluding hydrogens is 243 g/mol. The zero-order valence-corrected chi connectivity index (χ0v) is 11.6. The smallest absolute Gasteiger partial charge is 0.134 e. The number of rotatable bonds is 4. The normalized spacial score (nSPS) is 15.4. The van der Waals surface area contributed by atoms with Crippen LogP contribution in [0.15, 0.2) is 18.7 Å². The van der Waals surface area contributed by atoms with Crippen LogP contribution in [-0.4, -0.2) is 32.8 Å². The Bertz CT molecular complexity index is 444. The number of anilines is 1. The maximum absolute atomic E-state index is 14.3. The van der Waals surface area contributed by atoms with Crippen molar-refractivity contribution in [3.8, 4) is 0 Å². The molecule has 1 aliphatic heterocycles. The highest BCUT2D eigenvalue weighted by atomic mass is 19.1. The van der Waals surface area contributed by atoms with Gasteiger partial charge in [0.1, 0.15) is 5.82 Å². The second-order valence-electron chi connectivity index (χ2n) is 4.73. The van der Waals surface area contributed by atoms with Crippen molar-refractivity contribution >= 4 is 11.4 Å². The minimum Gasteiger partial charge on any atom is -0.385 e. The molecule has 4 heteroatoms. The Kier molecular flexibility index (Phi) is 4.43. The molecule has 1 fully saturated rings. The van der Waals surface area contributed by atoms with Crippen LogP contribution >= 0.6 is 0 Å². The third kappa shape index (κ3) is 3.07. The molecule has 0 spiro atoms. The lowest BCUT2D eigenvalue weighted by atomic mass is 10.0. The Balaban J connectivity index is 2.27. The Hall–Kier alpha value is -1.55. The number of aryl methyl sites for hydroxylation is 1. The highest BCUT2D eigenvalue weighted by Gasteiger charge is 2.16. The van der Waals surface area contributed by atoms with E-state index in [0.717, 1.165) is 30.9 Å². The topological polar surface area (TPSA) is 24.5 Å². The average Bonchev–Trinajstić information content (AvgIpc) is 2.39. The average molecular weight is 264 g/mol. The van der Waals surface area contributed by atoms with Gasteiger partial charge in [-0.15, -0.1) is 0 Å². The molecule has 1 N–H and O–H groups in total. The summed E-state index contributed by atoms with van der Waals surface area (Å²) in [6.45, 7) is 11.6. The Morgan fingerprint density at radius 3 is 2.68 bits per heavy atom. The van der Waals surface area contributed by atoms with E-state index >= 15 is 0 Å². The van der Waals surface area contributed by atoms with Crippen LogP contribution in [0, 0.1) is 12.7 Å². The minimum absolute atomic E-state index is 0.215. The fourth-order valence-electron chi connectivity index (χ4n) is 2.41. The van der Waals surface area contributed by atoms with Gasteiger partial charge < -0.3 is 15.0 Å². The first-order chi connectivity index (χ1) is 9.13. The van der Waals surface area contributed by atoms with Gasteiger partial charge in [-0.2, -0.15) is 0 Å². The number of ether oxygens (including phenoxy) is 1. The molecule has 0 saturated carbocycles. The summed E-state index contributed by atoms with van der Waals surface area (Å²) < 4.78 is 19.6. The van der Waals surface area contributed by atoms with Gasteiger partial charge in [0.2, 0.25) is 0 Å². The first-order valence-corrected chi connectivity index (χ1v) is 6.69. The summed E-state index contributed by atoms with van der Waals surface area (Å²) in [5.74, 6) is -0.215. The molecule has 19 heavy (non-hydrogen) atoms. The van der Waals surface area contributed by atoms with E-state index in [1.807, 2.05) is 19.9 Å². The molecule has 0 bridgehead atoms. The van der Waals surface area contributed by atoms with Crippen molar-refractivity contribution in [1.82, 2.24) is 5.32 Å². The van der Waals surface area contributed by atoms with Crippen molar-refractivity contribution < 1.29 is 9.13 Å². The third-order valence-electron chi connectivity index (χ3n) is 3.34. The fourth-order valence-corrected chi connectivity index (χ4v) is 2.41. The number of halogens is 1. The predicted octanol–water partition coefficient (Wildman–Crippen LogP) is 2.55. The standard InChI is InChI=1S/C15H21FN2O/c1-4-17-12(3)15-11(2)9-13(10-14(15)16)18-5-7-19-8-6-18/h9-10,17H,3-8H2,1-2H3. The molecule has 2 rings (SSSR count). The lowest BCUT2D eigenvalue weighted by molar-refractivity contribution is 0.122. The van der Waals surface area contributed by atoms with Gasteiger partial charge in [-0.05, 0) is 31.5 Å². The number of nitrogens with zero attached hydrogens (tertiary/aromatic N) is 1. The molecule has 0 aliphatic carbocycles. The van der Waals surface area contributed by atoms with E-state index in [9.17, 15) is 4.39 Å². The summed E-state index contributed by atoms with van der Waals surface area (Å²) in [6.07, 6.45) is 0. The van der Waals surface area contributed by atoms with Crippen LogP contribution in [0.2, 0.25) is 0 Å². The van der Waals surface area contributed by atoms with E-state index in [-0.39, 0.29) is 5.82 Å². The molecule has 0 unspecified atom stereocenters. The number of morpholine rings is 1. The van der Waals surface area contributed by atoms with Crippen molar-refractivity contribution in [1.29, 1.82) is 0 Å². The maximum atomic E-state index is 14.3. The molecule has 0 atom stereocenters. The van der Waals surface area contributed by atoms with Crippen LogP contribution < -0.4 is 10.2 Å². The zero-order chi connectivity index (χ0) is 13.8. The molecular formula is C15H21FN2O. The molecule has 1 aromatic carbocycles. The summed E-state index contributed by atoms with van der Waals surface area (Å²) in [5, 5.41) is 3.07. The second kappa shape index (κ2) is 6.06. The number of benzene rings is 1. The van der Waals surface area contributed by atoms with Crippen LogP contribution in [-0.2, 0) is 4.74 Å². The lowest BCUT2D eigenvalue weighted by Gasteiger charge is -2.29. The molecule has 1 aliphatic rings. The fraction of sp³-hybridized carbons (Fsp3) is 0.467. The van der Waals surface area contributed by atoms with Crippen molar-refractivity contribution in [2.75, 3.05) is 37.7 Å². The van der Waals surface area contributed by atoms with Gasteiger partial charge in [-0.3, -0.25) is 0 Å². The maximum Gasteiger partial charge on any atom is 0.134 e. The number of hydrogen-bond donors (Lipinski definition) is 1. The molecule has 0 radical (unpaired) electrons.